The van der Waals surface area contributed by atoms with Gasteiger partial charge in [0.25, 0.3) is 5.69 Å². The Balaban J connectivity index is 2.91. The quantitative estimate of drug-likeness (QED) is 0.359. The van der Waals surface area contributed by atoms with Crippen LogP contribution in [0.1, 0.15) is 5.56 Å². The van der Waals surface area contributed by atoms with Gasteiger partial charge in [-0.15, -0.1) is 0 Å². The lowest BCUT2D eigenvalue weighted by Gasteiger charge is -1.93. The minimum Gasteiger partial charge on any atom is -0.258 e. The van der Waals surface area contributed by atoms with Gasteiger partial charge in [-0.1, -0.05) is 24.0 Å². The molecule has 0 spiro atoms. The molecule has 0 saturated carbocycles. The molecule has 0 unspecified atom stereocenters. The van der Waals surface area contributed by atoms with Crippen molar-refractivity contribution in [2.45, 2.75) is 6.32 Å². The number of benzene rings is 1. The van der Waals surface area contributed by atoms with E-state index in [1.807, 2.05) is 0 Å². The maximum absolute atomic E-state index is 10.2. The summed E-state index contributed by atoms with van der Waals surface area (Å²) in [6.45, 7) is 0. The first kappa shape index (κ1) is 7.79. The minimum absolute atomic E-state index is 0.0993. The molecule has 0 aromatic heterocycles. The molecule has 1 aromatic rings. The first-order valence-electron chi connectivity index (χ1n) is 3.17. The lowest BCUT2D eigenvalue weighted by molar-refractivity contribution is -0.384. The highest BCUT2D eigenvalue weighted by Gasteiger charge is 2.01. The summed E-state index contributed by atoms with van der Waals surface area (Å²) in [6, 6.07) is 6.20. The second kappa shape index (κ2) is 3.19. The van der Waals surface area contributed by atoms with Crippen LogP contribution in [0.4, 0.5) is 5.69 Å². The molecule has 2 radical (unpaired) electrons. The molecule has 4 heteroatoms. The van der Waals surface area contributed by atoms with Gasteiger partial charge < -0.3 is 0 Å². The molecule has 0 saturated heterocycles. The van der Waals surface area contributed by atoms with Crippen LogP contribution in [0.15, 0.2) is 24.3 Å². The van der Waals surface area contributed by atoms with Crippen molar-refractivity contribution in [3.63, 3.8) is 0 Å². The number of nitro groups is 1. The fourth-order valence-electron chi connectivity index (χ4n) is 0.754. The zero-order valence-electron chi connectivity index (χ0n) is 5.86. The van der Waals surface area contributed by atoms with E-state index in [-0.39, 0.29) is 5.69 Å². The molecule has 54 valence electrons. The molecule has 1 aromatic carbocycles. The Labute approximate surface area is 65.6 Å². The van der Waals surface area contributed by atoms with Gasteiger partial charge >= 0.3 is 0 Å². The highest BCUT2D eigenvalue weighted by molar-refractivity contribution is 6.08. The second-order valence-corrected chi connectivity index (χ2v) is 2.13. The van der Waals surface area contributed by atoms with E-state index >= 15 is 0 Å². The minimum atomic E-state index is -0.430. The molecular formula is C7H6BNO2. The third-order valence-electron chi connectivity index (χ3n) is 1.38. The first-order valence-corrected chi connectivity index (χ1v) is 3.17. The lowest BCUT2D eigenvalue weighted by atomic mass is 9.97. The Hall–Kier alpha value is -1.32. The van der Waals surface area contributed by atoms with E-state index in [4.69, 9.17) is 7.85 Å². The van der Waals surface area contributed by atoms with Crippen molar-refractivity contribution in [2.24, 2.45) is 0 Å². The summed E-state index contributed by atoms with van der Waals surface area (Å²) in [5, 5.41) is 10.2. The molecule has 0 aliphatic carbocycles. The van der Waals surface area contributed by atoms with Crippen LogP contribution in [0, 0.1) is 10.1 Å². The van der Waals surface area contributed by atoms with Crippen LogP contribution >= 0.6 is 0 Å². The van der Waals surface area contributed by atoms with Crippen LogP contribution in [0.25, 0.3) is 0 Å². The van der Waals surface area contributed by atoms with Crippen molar-refractivity contribution in [3.8, 4) is 0 Å². The van der Waals surface area contributed by atoms with Gasteiger partial charge in [-0.2, -0.15) is 0 Å². The molecule has 0 N–H and O–H groups in total. The normalized spacial score (nSPS) is 9.45. The molecular weight excluding hydrogens is 141 g/mol. The summed E-state index contributed by atoms with van der Waals surface area (Å²) in [5.74, 6) is 0. The highest BCUT2D eigenvalue weighted by atomic mass is 16.6. The van der Waals surface area contributed by atoms with E-state index in [1.54, 1.807) is 12.1 Å². The van der Waals surface area contributed by atoms with Gasteiger partial charge in [-0.3, -0.25) is 10.1 Å². The number of hydrogen-bond donors (Lipinski definition) is 0. The van der Waals surface area contributed by atoms with Crippen LogP contribution in [0.5, 0.6) is 0 Å². The summed E-state index contributed by atoms with van der Waals surface area (Å²) in [4.78, 5) is 9.74. The third kappa shape index (κ3) is 1.80. The zero-order chi connectivity index (χ0) is 8.27. The van der Waals surface area contributed by atoms with Gasteiger partial charge in [0.1, 0.15) is 0 Å². The molecule has 1 rings (SSSR count). The number of rotatable bonds is 2. The predicted molar refractivity (Wildman–Crippen MR) is 42.6 cm³/mol. The SMILES string of the molecule is [B]Cc1ccc([N+](=O)[O-])cc1. The average molecular weight is 147 g/mol. The van der Waals surface area contributed by atoms with Crippen molar-refractivity contribution < 1.29 is 4.92 Å². The van der Waals surface area contributed by atoms with E-state index in [2.05, 4.69) is 0 Å². The summed E-state index contributed by atoms with van der Waals surface area (Å²) >= 11 is 0. The van der Waals surface area contributed by atoms with Gasteiger partial charge in [0.15, 0.2) is 0 Å². The molecule has 0 heterocycles. The maximum Gasteiger partial charge on any atom is 0.269 e. The van der Waals surface area contributed by atoms with Crippen molar-refractivity contribution in [2.75, 3.05) is 0 Å². The average Bonchev–Trinajstić information content (AvgIpc) is 2.05. The monoisotopic (exact) mass is 147 g/mol. The van der Waals surface area contributed by atoms with Crippen molar-refractivity contribution in [1.82, 2.24) is 0 Å². The van der Waals surface area contributed by atoms with Gasteiger partial charge in [0, 0.05) is 12.1 Å². The molecule has 11 heavy (non-hydrogen) atoms. The Bertz CT molecular complexity index is 258. The van der Waals surface area contributed by atoms with Gasteiger partial charge in [0.05, 0.1) is 12.8 Å². The number of nitro benzene ring substituents is 1. The van der Waals surface area contributed by atoms with Crippen LogP contribution in [-0.4, -0.2) is 12.8 Å². The van der Waals surface area contributed by atoms with Crippen molar-refractivity contribution >= 4 is 13.5 Å². The zero-order valence-corrected chi connectivity index (χ0v) is 5.86. The highest BCUT2D eigenvalue weighted by Crippen LogP contribution is 2.11. The second-order valence-electron chi connectivity index (χ2n) is 2.13. The molecule has 0 aliphatic heterocycles. The Morgan fingerprint density at radius 2 is 1.91 bits per heavy atom. The maximum atomic E-state index is 10.2. The summed E-state index contributed by atoms with van der Waals surface area (Å²) in [5.41, 5.74) is 0.998. The fourth-order valence-corrected chi connectivity index (χ4v) is 0.754. The van der Waals surface area contributed by atoms with Crippen LogP contribution in [-0.2, 0) is 6.32 Å². The van der Waals surface area contributed by atoms with E-state index in [9.17, 15) is 10.1 Å². The van der Waals surface area contributed by atoms with Gasteiger partial charge in [-0.25, -0.2) is 0 Å². The Kier molecular flexibility index (Phi) is 2.26. The van der Waals surface area contributed by atoms with Crippen LogP contribution in [0.2, 0.25) is 0 Å². The molecule has 0 bridgehead atoms. The molecule has 3 nitrogen and oxygen atoms in total. The largest absolute Gasteiger partial charge is 0.269 e. The number of hydrogen-bond acceptors (Lipinski definition) is 2. The lowest BCUT2D eigenvalue weighted by Crippen LogP contribution is -1.88. The van der Waals surface area contributed by atoms with Crippen molar-refractivity contribution in [1.29, 1.82) is 0 Å². The summed E-state index contributed by atoms with van der Waals surface area (Å²) in [6.07, 6.45) is 0.415. The molecule has 0 atom stereocenters. The van der Waals surface area contributed by atoms with Crippen molar-refractivity contribution in [3.05, 3.63) is 39.9 Å². The standard InChI is InChI=1S/C7H6BNO2/c8-5-6-1-3-7(4-2-6)9(10)11/h1-4H,5H2. The van der Waals surface area contributed by atoms with Crippen LogP contribution < -0.4 is 0 Å². The predicted octanol–water partition coefficient (Wildman–Crippen LogP) is 1.26. The number of nitrogens with zero attached hydrogens (tertiary/aromatic N) is 1. The topological polar surface area (TPSA) is 43.1 Å². The molecule has 0 fully saturated rings. The smallest absolute Gasteiger partial charge is 0.258 e. The number of non-ortho nitro benzene ring substituents is 1. The van der Waals surface area contributed by atoms with Gasteiger partial charge in [0.2, 0.25) is 0 Å². The third-order valence-corrected chi connectivity index (χ3v) is 1.38. The van der Waals surface area contributed by atoms with E-state index in [0.717, 1.165) is 5.56 Å². The van der Waals surface area contributed by atoms with E-state index in [0.29, 0.717) is 6.32 Å². The summed E-state index contributed by atoms with van der Waals surface area (Å²) in [7, 11) is 5.31. The van der Waals surface area contributed by atoms with Gasteiger partial charge in [-0.05, 0) is 0 Å². The molecule has 0 amide bonds. The Morgan fingerprint density at radius 1 is 1.36 bits per heavy atom. The fraction of sp³-hybridized carbons (Fsp3) is 0.143. The van der Waals surface area contributed by atoms with E-state index < -0.39 is 4.92 Å². The Morgan fingerprint density at radius 3 is 2.27 bits per heavy atom. The van der Waals surface area contributed by atoms with E-state index in [1.165, 1.54) is 12.1 Å². The molecule has 0 aliphatic rings. The summed E-state index contributed by atoms with van der Waals surface area (Å²) < 4.78 is 0. The first-order chi connectivity index (χ1) is 5.24. The van der Waals surface area contributed by atoms with Crippen LogP contribution in [0.3, 0.4) is 0 Å².